The lowest BCUT2D eigenvalue weighted by Crippen LogP contribution is -2.39. The first-order valence-corrected chi connectivity index (χ1v) is 8.11. The molecular formula is C18H24N2O5. The van der Waals surface area contributed by atoms with E-state index in [-0.39, 0.29) is 12.5 Å². The highest BCUT2D eigenvalue weighted by Gasteiger charge is 2.25. The third-order valence-corrected chi connectivity index (χ3v) is 3.65. The number of amides is 1. The molecule has 1 aliphatic heterocycles. The van der Waals surface area contributed by atoms with Crippen molar-refractivity contribution < 1.29 is 24.2 Å². The quantitative estimate of drug-likeness (QED) is 0.900. The average molecular weight is 348 g/mol. The van der Waals surface area contributed by atoms with Crippen molar-refractivity contribution in [3.8, 4) is 5.75 Å². The van der Waals surface area contributed by atoms with Crippen molar-refractivity contribution in [2.45, 2.75) is 39.2 Å². The predicted octanol–water partition coefficient (Wildman–Crippen LogP) is 2.74. The molecular weight excluding hydrogens is 324 g/mol. The molecule has 0 fully saturated rings. The van der Waals surface area contributed by atoms with Crippen molar-refractivity contribution >= 4 is 17.6 Å². The zero-order valence-corrected chi connectivity index (χ0v) is 15.0. The minimum absolute atomic E-state index is 0.102. The number of aromatic nitrogens is 1. The van der Waals surface area contributed by atoms with E-state index in [4.69, 9.17) is 14.6 Å². The summed E-state index contributed by atoms with van der Waals surface area (Å²) in [5.74, 6) is -0.378. The largest absolute Gasteiger partial charge is 0.494 e. The number of hydrogen-bond acceptors (Lipinski definition) is 5. The molecule has 7 nitrogen and oxygen atoms in total. The molecule has 0 saturated heterocycles. The molecule has 1 amide bonds. The standard InChI is InChI=1S/C18H24N2O5/c1-18(2,3)25-17(23)20-7-5-13(6-8-20)16-14(24-4)9-12(11-19-16)10-15(21)22/h5,9,11H,6-8,10H2,1-4H3,(H,21,22). The van der Waals surface area contributed by atoms with Gasteiger partial charge in [-0.05, 0) is 44.4 Å². The van der Waals surface area contributed by atoms with Gasteiger partial charge in [-0.15, -0.1) is 0 Å². The van der Waals surface area contributed by atoms with Crippen LogP contribution < -0.4 is 4.74 Å². The number of nitrogens with zero attached hydrogens (tertiary/aromatic N) is 2. The fourth-order valence-electron chi connectivity index (χ4n) is 2.53. The number of ether oxygens (including phenoxy) is 2. The summed E-state index contributed by atoms with van der Waals surface area (Å²) in [4.78, 5) is 28.9. The van der Waals surface area contributed by atoms with Crippen LogP contribution in [-0.4, -0.2) is 52.9 Å². The number of hydrogen-bond donors (Lipinski definition) is 1. The van der Waals surface area contributed by atoms with Gasteiger partial charge in [0.05, 0.1) is 13.5 Å². The minimum atomic E-state index is -0.915. The molecule has 25 heavy (non-hydrogen) atoms. The molecule has 0 spiro atoms. The van der Waals surface area contributed by atoms with E-state index < -0.39 is 11.6 Å². The van der Waals surface area contributed by atoms with Gasteiger partial charge in [-0.25, -0.2) is 4.79 Å². The van der Waals surface area contributed by atoms with Crippen LogP contribution in [0, 0.1) is 0 Å². The Kier molecular flexibility index (Phi) is 5.66. The summed E-state index contributed by atoms with van der Waals surface area (Å²) in [5.41, 5.74) is 1.71. The van der Waals surface area contributed by atoms with E-state index in [0.29, 0.717) is 36.5 Å². The van der Waals surface area contributed by atoms with E-state index in [2.05, 4.69) is 4.98 Å². The zero-order valence-electron chi connectivity index (χ0n) is 15.0. The van der Waals surface area contributed by atoms with E-state index in [0.717, 1.165) is 5.57 Å². The summed E-state index contributed by atoms with van der Waals surface area (Å²) in [5, 5.41) is 8.88. The summed E-state index contributed by atoms with van der Waals surface area (Å²) >= 11 is 0. The molecule has 2 rings (SSSR count). The normalized spacial score (nSPS) is 14.7. The molecule has 0 radical (unpaired) electrons. The second-order valence-corrected chi connectivity index (χ2v) is 6.87. The molecule has 0 saturated carbocycles. The van der Waals surface area contributed by atoms with Crippen LogP contribution in [0.15, 0.2) is 18.3 Å². The molecule has 1 N–H and O–H groups in total. The maximum atomic E-state index is 12.1. The van der Waals surface area contributed by atoms with Gasteiger partial charge in [-0.2, -0.15) is 0 Å². The van der Waals surface area contributed by atoms with Gasteiger partial charge in [0, 0.05) is 19.3 Å². The van der Waals surface area contributed by atoms with Crippen LogP contribution >= 0.6 is 0 Å². The van der Waals surface area contributed by atoms with Crippen LogP contribution in [0.25, 0.3) is 5.57 Å². The lowest BCUT2D eigenvalue weighted by Gasteiger charge is -2.29. The van der Waals surface area contributed by atoms with Crippen LogP contribution in [0.4, 0.5) is 4.79 Å². The Balaban J connectivity index is 2.13. The number of methoxy groups -OCH3 is 1. The summed E-state index contributed by atoms with van der Waals surface area (Å²) < 4.78 is 10.7. The van der Waals surface area contributed by atoms with Gasteiger partial charge >= 0.3 is 12.1 Å². The molecule has 0 unspecified atom stereocenters. The summed E-state index contributed by atoms with van der Waals surface area (Å²) in [7, 11) is 1.53. The molecule has 7 heteroatoms. The first kappa shape index (κ1) is 18.8. The molecule has 0 bridgehead atoms. The van der Waals surface area contributed by atoms with Gasteiger partial charge < -0.3 is 19.5 Å². The topological polar surface area (TPSA) is 89.0 Å². The third kappa shape index (κ3) is 5.20. The monoisotopic (exact) mass is 348 g/mol. The Morgan fingerprint density at radius 1 is 1.36 bits per heavy atom. The van der Waals surface area contributed by atoms with E-state index in [1.165, 1.54) is 7.11 Å². The minimum Gasteiger partial charge on any atom is -0.494 e. The number of pyridine rings is 1. The van der Waals surface area contributed by atoms with E-state index in [1.54, 1.807) is 17.2 Å². The lowest BCUT2D eigenvalue weighted by atomic mass is 10.0. The second-order valence-electron chi connectivity index (χ2n) is 6.87. The Hall–Kier alpha value is -2.57. The SMILES string of the molecule is COc1cc(CC(=O)O)cnc1C1=CCN(C(=O)OC(C)(C)C)CC1. The van der Waals surface area contributed by atoms with Crippen LogP contribution in [0.1, 0.15) is 38.4 Å². The van der Waals surface area contributed by atoms with Crippen molar-refractivity contribution in [1.29, 1.82) is 0 Å². The summed E-state index contributed by atoms with van der Waals surface area (Å²) in [6.45, 7) is 6.48. The molecule has 1 aromatic rings. The number of aliphatic carboxylic acids is 1. The van der Waals surface area contributed by atoms with Gasteiger partial charge in [-0.3, -0.25) is 9.78 Å². The van der Waals surface area contributed by atoms with Crippen LogP contribution in [0.5, 0.6) is 5.75 Å². The van der Waals surface area contributed by atoms with Crippen molar-refractivity contribution in [3.05, 3.63) is 29.6 Å². The van der Waals surface area contributed by atoms with Gasteiger partial charge in [-0.1, -0.05) is 6.08 Å². The highest BCUT2D eigenvalue weighted by Crippen LogP contribution is 2.29. The van der Waals surface area contributed by atoms with Gasteiger partial charge in [0.2, 0.25) is 0 Å². The molecule has 1 aromatic heterocycles. The fourth-order valence-corrected chi connectivity index (χ4v) is 2.53. The maximum Gasteiger partial charge on any atom is 0.410 e. The van der Waals surface area contributed by atoms with Crippen LogP contribution in [0.3, 0.4) is 0 Å². The zero-order chi connectivity index (χ0) is 18.6. The maximum absolute atomic E-state index is 12.1. The van der Waals surface area contributed by atoms with E-state index >= 15 is 0 Å². The third-order valence-electron chi connectivity index (χ3n) is 3.65. The molecule has 1 aliphatic rings. The van der Waals surface area contributed by atoms with E-state index in [9.17, 15) is 9.59 Å². The Morgan fingerprint density at radius 2 is 2.08 bits per heavy atom. The number of carboxylic acid groups (broad SMARTS) is 1. The first-order valence-electron chi connectivity index (χ1n) is 8.11. The van der Waals surface area contributed by atoms with Gasteiger partial charge in [0.25, 0.3) is 0 Å². The molecule has 0 aliphatic carbocycles. The average Bonchev–Trinajstić information content (AvgIpc) is 2.52. The van der Waals surface area contributed by atoms with Gasteiger partial charge in [0.1, 0.15) is 17.0 Å². The predicted molar refractivity (Wildman–Crippen MR) is 92.5 cm³/mol. The Bertz CT molecular complexity index is 691. The fraction of sp³-hybridized carbons (Fsp3) is 0.500. The molecule has 2 heterocycles. The van der Waals surface area contributed by atoms with Crippen molar-refractivity contribution in [1.82, 2.24) is 9.88 Å². The Morgan fingerprint density at radius 3 is 2.60 bits per heavy atom. The Labute approximate surface area is 147 Å². The van der Waals surface area contributed by atoms with Crippen molar-refractivity contribution in [2.24, 2.45) is 0 Å². The van der Waals surface area contributed by atoms with Crippen molar-refractivity contribution in [2.75, 3.05) is 20.2 Å². The molecule has 0 atom stereocenters. The van der Waals surface area contributed by atoms with Crippen molar-refractivity contribution in [3.63, 3.8) is 0 Å². The number of carbonyl (C=O) groups excluding carboxylic acids is 1. The first-order chi connectivity index (χ1) is 11.7. The summed E-state index contributed by atoms with van der Waals surface area (Å²) in [6, 6.07) is 1.69. The number of rotatable bonds is 4. The van der Waals surface area contributed by atoms with Gasteiger partial charge in [0.15, 0.2) is 0 Å². The lowest BCUT2D eigenvalue weighted by molar-refractivity contribution is -0.136. The molecule has 0 aromatic carbocycles. The smallest absolute Gasteiger partial charge is 0.410 e. The summed E-state index contributed by atoms with van der Waals surface area (Å²) in [6.07, 6.45) is 3.66. The number of carboxylic acids is 1. The molecule has 136 valence electrons. The second kappa shape index (κ2) is 7.55. The van der Waals surface area contributed by atoms with Crippen LogP contribution in [0.2, 0.25) is 0 Å². The highest BCUT2D eigenvalue weighted by molar-refractivity contribution is 5.74. The van der Waals surface area contributed by atoms with E-state index in [1.807, 2.05) is 26.8 Å². The number of carbonyl (C=O) groups is 2. The van der Waals surface area contributed by atoms with Crippen LogP contribution in [-0.2, 0) is 16.0 Å². The highest BCUT2D eigenvalue weighted by atomic mass is 16.6.